The Hall–Kier alpha value is -3.29. The van der Waals surface area contributed by atoms with Gasteiger partial charge in [-0.1, -0.05) is 12.1 Å². The van der Waals surface area contributed by atoms with E-state index in [1.165, 1.54) is 0 Å². The number of carbonyl (C=O) groups excluding carboxylic acids is 2. The number of hydrogen-bond donors (Lipinski definition) is 0. The average Bonchev–Trinajstić information content (AvgIpc) is 3.12. The lowest BCUT2D eigenvalue weighted by Gasteiger charge is -2.32. The highest BCUT2D eigenvalue weighted by Crippen LogP contribution is 2.19. The SMILES string of the molecule is O=CN1CCN(C(=O)c2ccc(-c3nnc4ncccn34)cc2)CC1. The van der Waals surface area contributed by atoms with Crippen LogP contribution in [0.3, 0.4) is 0 Å². The van der Waals surface area contributed by atoms with E-state index in [0.29, 0.717) is 43.3 Å². The van der Waals surface area contributed by atoms with Crippen molar-refractivity contribution in [2.45, 2.75) is 0 Å². The van der Waals surface area contributed by atoms with Crippen molar-refractivity contribution in [2.24, 2.45) is 0 Å². The van der Waals surface area contributed by atoms with Crippen LogP contribution < -0.4 is 0 Å². The lowest BCUT2D eigenvalue weighted by atomic mass is 10.1. The van der Waals surface area contributed by atoms with Crippen molar-refractivity contribution in [3.05, 3.63) is 48.3 Å². The van der Waals surface area contributed by atoms with Crippen molar-refractivity contribution in [3.8, 4) is 11.4 Å². The molecule has 3 aromatic rings. The number of piperazine rings is 1. The van der Waals surface area contributed by atoms with E-state index in [2.05, 4.69) is 15.2 Å². The van der Waals surface area contributed by atoms with Crippen LogP contribution >= 0.6 is 0 Å². The van der Waals surface area contributed by atoms with Gasteiger partial charge in [0.25, 0.3) is 11.7 Å². The molecule has 0 N–H and O–H groups in total. The zero-order valence-electron chi connectivity index (χ0n) is 13.4. The minimum absolute atomic E-state index is 0.0233. The fraction of sp³-hybridized carbons (Fsp3) is 0.235. The summed E-state index contributed by atoms with van der Waals surface area (Å²) in [5, 5.41) is 8.20. The molecule has 0 atom stereocenters. The zero-order valence-corrected chi connectivity index (χ0v) is 13.4. The van der Waals surface area contributed by atoms with Gasteiger partial charge in [0.1, 0.15) is 0 Å². The summed E-state index contributed by atoms with van der Waals surface area (Å²) >= 11 is 0. The molecule has 1 aromatic carbocycles. The normalized spacial score (nSPS) is 14.7. The van der Waals surface area contributed by atoms with Crippen LogP contribution in [-0.4, -0.2) is 67.9 Å². The van der Waals surface area contributed by atoms with Gasteiger partial charge < -0.3 is 9.80 Å². The standard InChI is InChI=1S/C17H16N6O2/c24-12-21-8-10-22(11-9-21)16(25)14-4-2-13(3-5-14)15-19-20-17-18-6-1-7-23(15)17/h1-7,12H,8-11H2. The molecule has 1 fully saturated rings. The zero-order chi connectivity index (χ0) is 17.2. The molecular formula is C17H16N6O2. The fourth-order valence-corrected chi connectivity index (χ4v) is 2.91. The highest BCUT2D eigenvalue weighted by atomic mass is 16.2. The molecule has 0 radical (unpaired) electrons. The molecule has 8 heteroatoms. The van der Waals surface area contributed by atoms with Crippen LogP contribution in [0.5, 0.6) is 0 Å². The molecule has 1 aliphatic heterocycles. The van der Waals surface area contributed by atoms with Gasteiger partial charge in [-0.15, -0.1) is 10.2 Å². The molecule has 126 valence electrons. The van der Waals surface area contributed by atoms with E-state index in [1.54, 1.807) is 32.5 Å². The summed E-state index contributed by atoms with van der Waals surface area (Å²) in [6, 6.07) is 9.12. The Morgan fingerprint density at radius 3 is 2.52 bits per heavy atom. The number of nitrogens with zero attached hydrogens (tertiary/aromatic N) is 6. The largest absolute Gasteiger partial charge is 0.342 e. The molecule has 1 saturated heterocycles. The third-order valence-corrected chi connectivity index (χ3v) is 4.33. The maximum Gasteiger partial charge on any atom is 0.255 e. The summed E-state index contributed by atoms with van der Waals surface area (Å²) in [6.45, 7) is 2.26. The summed E-state index contributed by atoms with van der Waals surface area (Å²) in [7, 11) is 0. The second-order valence-electron chi connectivity index (χ2n) is 5.82. The third-order valence-electron chi connectivity index (χ3n) is 4.33. The first kappa shape index (κ1) is 15.3. The summed E-state index contributed by atoms with van der Waals surface area (Å²) in [5.41, 5.74) is 1.48. The van der Waals surface area contributed by atoms with Crippen LogP contribution in [0.15, 0.2) is 42.7 Å². The van der Waals surface area contributed by atoms with E-state index < -0.39 is 0 Å². The number of carbonyl (C=O) groups is 2. The molecule has 2 aromatic heterocycles. The lowest BCUT2D eigenvalue weighted by molar-refractivity contribution is -0.119. The minimum Gasteiger partial charge on any atom is -0.342 e. The number of hydrogen-bond acceptors (Lipinski definition) is 5. The number of aromatic nitrogens is 4. The number of rotatable bonds is 3. The second kappa shape index (κ2) is 6.31. The first-order valence-electron chi connectivity index (χ1n) is 8.01. The van der Waals surface area contributed by atoms with Gasteiger partial charge in [0.05, 0.1) is 0 Å². The van der Waals surface area contributed by atoms with Crippen molar-refractivity contribution in [2.75, 3.05) is 26.2 Å². The predicted octanol–water partition coefficient (Wildman–Crippen LogP) is 0.705. The number of benzene rings is 1. The highest BCUT2D eigenvalue weighted by Gasteiger charge is 2.21. The van der Waals surface area contributed by atoms with Crippen molar-refractivity contribution in [1.82, 2.24) is 29.4 Å². The van der Waals surface area contributed by atoms with E-state index in [-0.39, 0.29) is 5.91 Å². The average molecular weight is 336 g/mol. The Bertz CT molecular complexity index is 912. The Labute approximate surface area is 143 Å². The van der Waals surface area contributed by atoms with Crippen LogP contribution in [0, 0.1) is 0 Å². The molecule has 25 heavy (non-hydrogen) atoms. The summed E-state index contributed by atoms with van der Waals surface area (Å²) in [5.74, 6) is 1.19. The van der Waals surface area contributed by atoms with Gasteiger partial charge >= 0.3 is 0 Å². The van der Waals surface area contributed by atoms with E-state index in [9.17, 15) is 9.59 Å². The number of fused-ring (bicyclic) bond motifs is 1. The first-order valence-corrected chi connectivity index (χ1v) is 8.01. The Balaban J connectivity index is 1.54. The van der Waals surface area contributed by atoms with E-state index >= 15 is 0 Å². The monoisotopic (exact) mass is 336 g/mol. The van der Waals surface area contributed by atoms with Crippen LogP contribution in [0.4, 0.5) is 0 Å². The van der Waals surface area contributed by atoms with E-state index in [1.807, 2.05) is 24.4 Å². The van der Waals surface area contributed by atoms with Crippen LogP contribution in [0.25, 0.3) is 17.2 Å². The maximum absolute atomic E-state index is 12.6. The van der Waals surface area contributed by atoms with Gasteiger partial charge in [-0.05, 0) is 18.2 Å². The molecule has 0 bridgehead atoms. The first-order chi connectivity index (χ1) is 12.3. The molecule has 3 heterocycles. The molecule has 8 nitrogen and oxygen atoms in total. The second-order valence-corrected chi connectivity index (χ2v) is 5.82. The molecule has 0 unspecified atom stereocenters. The Kier molecular flexibility index (Phi) is 3.85. The smallest absolute Gasteiger partial charge is 0.255 e. The van der Waals surface area contributed by atoms with Crippen molar-refractivity contribution in [1.29, 1.82) is 0 Å². The fourth-order valence-electron chi connectivity index (χ4n) is 2.91. The Morgan fingerprint density at radius 1 is 1.04 bits per heavy atom. The van der Waals surface area contributed by atoms with Crippen molar-refractivity contribution < 1.29 is 9.59 Å². The van der Waals surface area contributed by atoms with E-state index in [0.717, 1.165) is 12.0 Å². The van der Waals surface area contributed by atoms with Crippen LogP contribution in [0.1, 0.15) is 10.4 Å². The van der Waals surface area contributed by atoms with Gasteiger partial charge in [-0.2, -0.15) is 0 Å². The topological polar surface area (TPSA) is 83.7 Å². The van der Waals surface area contributed by atoms with E-state index in [4.69, 9.17) is 0 Å². The lowest BCUT2D eigenvalue weighted by Crippen LogP contribution is -2.48. The molecule has 0 aliphatic carbocycles. The predicted molar refractivity (Wildman–Crippen MR) is 89.8 cm³/mol. The van der Waals surface area contributed by atoms with Crippen molar-refractivity contribution >= 4 is 18.1 Å². The third kappa shape index (κ3) is 2.82. The molecular weight excluding hydrogens is 320 g/mol. The highest BCUT2D eigenvalue weighted by molar-refractivity contribution is 5.94. The van der Waals surface area contributed by atoms with Gasteiger partial charge in [-0.3, -0.25) is 14.0 Å². The molecule has 0 saturated carbocycles. The van der Waals surface area contributed by atoms with Gasteiger partial charge in [0.15, 0.2) is 5.82 Å². The quantitative estimate of drug-likeness (QED) is 0.658. The van der Waals surface area contributed by atoms with Crippen LogP contribution in [-0.2, 0) is 4.79 Å². The maximum atomic E-state index is 12.6. The molecule has 1 aliphatic rings. The van der Waals surface area contributed by atoms with Crippen LogP contribution in [0.2, 0.25) is 0 Å². The molecule has 0 spiro atoms. The number of amides is 2. The summed E-state index contributed by atoms with van der Waals surface area (Å²) < 4.78 is 1.80. The van der Waals surface area contributed by atoms with Gasteiger partial charge in [-0.25, -0.2) is 4.98 Å². The molecule has 4 rings (SSSR count). The summed E-state index contributed by atoms with van der Waals surface area (Å²) in [4.78, 5) is 30.9. The van der Waals surface area contributed by atoms with Crippen molar-refractivity contribution in [3.63, 3.8) is 0 Å². The van der Waals surface area contributed by atoms with Gasteiger partial charge in [0, 0.05) is 49.7 Å². The minimum atomic E-state index is -0.0233. The summed E-state index contributed by atoms with van der Waals surface area (Å²) in [6.07, 6.45) is 4.34. The van der Waals surface area contributed by atoms with Gasteiger partial charge in [0.2, 0.25) is 6.41 Å². The Morgan fingerprint density at radius 2 is 1.80 bits per heavy atom. The molecule has 2 amide bonds.